The quantitative estimate of drug-likeness (QED) is 0.599. The summed E-state index contributed by atoms with van der Waals surface area (Å²) >= 11 is 0. The van der Waals surface area contributed by atoms with Crippen molar-refractivity contribution in [1.82, 2.24) is 5.06 Å². The number of carbonyl (C=O) groups is 2. The van der Waals surface area contributed by atoms with E-state index in [9.17, 15) is 9.59 Å². The maximum Gasteiger partial charge on any atom is 0.310 e. The molecule has 7 heteroatoms. The van der Waals surface area contributed by atoms with E-state index in [0.717, 1.165) is 16.8 Å². The smallest absolute Gasteiger partial charge is 0.310 e. The van der Waals surface area contributed by atoms with Crippen molar-refractivity contribution in [2.24, 2.45) is 17.8 Å². The molecule has 0 radical (unpaired) electrons. The molecule has 1 saturated carbocycles. The molecule has 7 unspecified atom stereocenters. The Morgan fingerprint density at radius 2 is 2.22 bits per heavy atom. The summed E-state index contributed by atoms with van der Waals surface area (Å²) < 4.78 is 11.4. The lowest BCUT2D eigenvalue weighted by atomic mass is 9.49. The van der Waals surface area contributed by atoms with Gasteiger partial charge in [-0.15, -0.1) is 5.06 Å². The molecule has 1 aromatic carbocycles. The van der Waals surface area contributed by atoms with Gasteiger partial charge in [0.2, 0.25) is 5.91 Å². The summed E-state index contributed by atoms with van der Waals surface area (Å²) in [4.78, 5) is 32.7. The van der Waals surface area contributed by atoms with Gasteiger partial charge in [-0.25, -0.2) is 0 Å². The van der Waals surface area contributed by atoms with Gasteiger partial charge in [-0.2, -0.15) is 0 Å². The summed E-state index contributed by atoms with van der Waals surface area (Å²) in [5, 5.41) is 4.92. The van der Waals surface area contributed by atoms with Crippen molar-refractivity contribution >= 4 is 17.6 Å². The van der Waals surface area contributed by atoms with E-state index < -0.39 is 17.6 Å². The summed E-state index contributed by atoms with van der Waals surface area (Å²) in [6.07, 6.45) is 1.97. The van der Waals surface area contributed by atoms with Crippen LogP contribution in [0.4, 0.5) is 5.69 Å². The molecule has 5 aliphatic rings. The van der Waals surface area contributed by atoms with Crippen LogP contribution in [0.2, 0.25) is 0 Å². The summed E-state index contributed by atoms with van der Waals surface area (Å²) in [5.74, 6) is -1.52. The molecule has 140 valence electrons. The number of methoxy groups -OCH3 is 1. The zero-order chi connectivity index (χ0) is 18.5. The highest BCUT2D eigenvalue weighted by atomic mass is 16.9. The van der Waals surface area contributed by atoms with Crippen molar-refractivity contribution < 1.29 is 23.9 Å². The summed E-state index contributed by atoms with van der Waals surface area (Å²) in [6.45, 7) is 1.99. The van der Waals surface area contributed by atoms with Crippen LogP contribution in [0.5, 0.6) is 0 Å². The lowest BCUT2D eigenvalue weighted by Gasteiger charge is -2.57. The van der Waals surface area contributed by atoms with Gasteiger partial charge in [-0.1, -0.05) is 29.8 Å². The molecule has 1 aromatic rings. The highest BCUT2D eigenvalue weighted by Crippen LogP contribution is 2.66. The third-order valence-corrected chi connectivity index (χ3v) is 7.14. The van der Waals surface area contributed by atoms with E-state index in [1.807, 2.05) is 36.3 Å². The van der Waals surface area contributed by atoms with Crippen LogP contribution >= 0.6 is 0 Å². The topological polar surface area (TPSA) is 77.1 Å². The molecular weight excluding hydrogens is 348 g/mol. The lowest BCUT2D eigenvalue weighted by molar-refractivity contribution is -0.188. The van der Waals surface area contributed by atoms with Crippen molar-refractivity contribution in [3.8, 4) is 0 Å². The van der Waals surface area contributed by atoms with Gasteiger partial charge in [-0.05, 0) is 30.9 Å². The minimum atomic E-state index is -1.06. The summed E-state index contributed by atoms with van der Waals surface area (Å²) in [5.41, 5.74) is 1.70. The number of esters is 1. The molecule has 1 amide bonds. The second kappa shape index (κ2) is 4.98. The number of hydrogen-bond donors (Lipinski definition) is 1. The molecule has 7 atom stereocenters. The van der Waals surface area contributed by atoms with E-state index in [-0.39, 0.29) is 36.0 Å². The number of hydrogen-bond acceptors (Lipinski definition) is 6. The molecule has 27 heavy (non-hydrogen) atoms. The number of anilines is 1. The van der Waals surface area contributed by atoms with Crippen LogP contribution in [0.15, 0.2) is 35.9 Å². The summed E-state index contributed by atoms with van der Waals surface area (Å²) in [6, 6.07) is 7.57. The molecule has 4 fully saturated rings. The maximum absolute atomic E-state index is 13.5. The molecule has 6 rings (SSSR count). The minimum absolute atomic E-state index is 0.0599. The lowest BCUT2D eigenvalue weighted by Crippen LogP contribution is -2.69. The largest absolute Gasteiger partial charge is 0.469 e. The molecule has 0 aromatic heterocycles. The first kappa shape index (κ1) is 15.8. The number of benzene rings is 1. The molecule has 7 nitrogen and oxygen atoms in total. The van der Waals surface area contributed by atoms with Crippen LogP contribution in [0.1, 0.15) is 18.9 Å². The van der Waals surface area contributed by atoms with Gasteiger partial charge in [0.25, 0.3) is 0 Å². The number of ether oxygens (including phenoxy) is 2. The predicted octanol–water partition coefficient (Wildman–Crippen LogP) is 1.56. The SMILES string of the molecule is C/C=C1\C2CC3OC4ON3C1C4C1(C(=O)Nc3ccccc31)C2C(=O)OC. The van der Waals surface area contributed by atoms with Crippen LogP contribution < -0.4 is 5.32 Å². The minimum Gasteiger partial charge on any atom is -0.469 e. The van der Waals surface area contributed by atoms with E-state index in [1.54, 1.807) is 0 Å². The Morgan fingerprint density at radius 3 is 3.00 bits per heavy atom. The molecule has 4 heterocycles. The normalized spacial score (nSPS) is 44.8. The van der Waals surface area contributed by atoms with Crippen LogP contribution in [-0.2, 0) is 29.3 Å². The van der Waals surface area contributed by atoms with Gasteiger partial charge in [0, 0.05) is 5.69 Å². The molecule has 4 aliphatic heterocycles. The van der Waals surface area contributed by atoms with Gasteiger partial charge in [0.05, 0.1) is 30.4 Å². The molecule has 1 aliphatic carbocycles. The van der Waals surface area contributed by atoms with Crippen molar-refractivity contribution in [1.29, 1.82) is 0 Å². The third kappa shape index (κ3) is 1.57. The Balaban J connectivity index is 1.68. The summed E-state index contributed by atoms with van der Waals surface area (Å²) in [7, 11) is 1.40. The molecule has 1 spiro atoms. The highest BCUT2D eigenvalue weighted by molar-refractivity contribution is 6.09. The van der Waals surface area contributed by atoms with Crippen LogP contribution in [0.25, 0.3) is 0 Å². The standard InChI is InChI=1S/C20H20N2O5/c1-3-9-10-8-13-22-16(9)15(18(26-13)27-22)20(14(10)17(23)25-2)11-6-4-5-7-12(11)21-19(20)24/h3-7,10,13-16,18H,8H2,1-2H3,(H,21,24)/b9-3+. The van der Waals surface area contributed by atoms with Crippen molar-refractivity contribution in [2.45, 2.75) is 37.3 Å². The zero-order valence-corrected chi connectivity index (χ0v) is 15.0. The Hall–Kier alpha value is -2.22. The van der Waals surface area contributed by atoms with Crippen LogP contribution in [-0.4, -0.2) is 42.6 Å². The molecule has 1 N–H and O–H groups in total. The fourth-order valence-electron chi connectivity index (χ4n) is 6.34. The number of nitrogens with one attached hydrogen (secondary N) is 1. The number of piperidine rings is 1. The van der Waals surface area contributed by atoms with Gasteiger partial charge in [-0.3, -0.25) is 14.4 Å². The van der Waals surface area contributed by atoms with Gasteiger partial charge in [0.1, 0.15) is 6.23 Å². The molecular formula is C20H20N2O5. The van der Waals surface area contributed by atoms with Crippen molar-refractivity contribution in [2.75, 3.05) is 12.4 Å². The average Bonchev–Trinajstić information content (AvgIpc) is 3.33. The van der Waals surface area contributed by atoms with Gasteiger partial charge < -0.3 is 14.8 Å². The molecule has 3 saturated heterocycles. The van der Waals surface area contributed by atoms with E-state index >= 15 is 0 Å². The number of allylic oxidation sites excluding steroid dienone is 1. The monoisotopic (exact) mass is 368 g/mol. The first-order valence-electron chi connectivity index (χ1n) is 9.38. The van der Waals surface area contributed by atoms with E-state index in [2.05, 4.69) is 11.4 Å². The highest BCUT2D eigenvalue weighted by Gasteiger charge is 2.77. The Kier molecular flexibility index (Phi) is 2.91. The second-order valence-corrected chi connectivity index (χ2v) is 7.90. The fraction of sp³-hybridized carbons (Fsp3) is 0.500. The van der Waals surface area contributed by atoms with Gasteiger partial charge in [0.15, 0.2) is 6.29 Å². The number of rotatable bonds is 1. The predicted molar refractivity (Wildman–Crippen MR) is 93.0 cm³/mol. The zero-order valence-electron chi connectivity index (χ0n) is 15.0. The fourth-order valence-corrected chi connectivity index (χ4v) is 6.34. The van der Waals surface area contributed by atoms with Crippen LogP contribution in [0, 0.1) is 17.8 Å². The third-order valence-electron chi connectivity index (χ3n) is 7.14. The average molecular weight is 368 g/mol. The Morgan fingerprint density at radius 1 is 1.41 bits per heavy atom. The number of hydroxylamine groups is 2. The maximum atomic E-state index is 13.5. The number of nitrogens with zero attached hydrogens (tertiary/aromatic N) is 1. The van der Waals surface area contributed by atoms with E-state index in [1.165, 1.54) is 7.11 Å². The first-order chi connectivity index (χ1) is 13.1. The van der Waals surface area contributed by atoms with Crippen molar-refractivity contribution in [3.05, 3.63) is 41.5 Å². The number of fused-ring (bicyclic) bond motifs is 6. The molecule has 4 bridgehead atoms. The van der Waals surface area contributed by atoms with E-state index in [0.29, 0.717) is 6.42 Å². The van der Waals surface area contributed by atoms with Gasteiger partial charge >= 0.3 is 5.97 Å². The van der Waals surface area contributed by atoms with E-state index in [4.69, 9.17) is 14.3 Å². The Bertz CT molecular complexity index is 913. The number of carbonyl (C=O) groups excluding carboxylic acids is 2. The first-order valence-corrected chi connectivity index (χ1v) is 9.38. The Labute approximate surface area is 156 Å². The van der Waals surface area contributed by atoms with Crippen LogP contribution in [0.3, 0.4) is 0 Å². The number of amides is 1. The second-order valence-electron chi connectivity index (χ2n) is 7.90. The van der Waals surface area contributed by atoms with Crippen molar-refractivity contribution in [3.63, 3.8) is 0 Å². The number of para-hydroxylation sites is 1.